The van der Waals surface area contributed by atoms with E-state index in [2.05, 4.69) is 42.6 Å². The molecule has 1 unspecified atom stereocenters. The maximum Gasteiger partial charge on any atom is 0.160 e. The van der Waals surface area contributed by atoms with Crippen LogP contribution in [0.15, 0.2) is 6.07 Å². The Morgan fingerprint density at radius 2 is 2.10 bits per heavy atom. The second-order valence-electron chi connectivity index (χ2n) is 6.09. The van der Waals surface area contributed by atoms with Crippen molar-refractivity contribution in [3.8, 4) is 0 Å². The Labute approximate surface area is 126 Å². The van der Waals surface area contributed by atoms with Gasteiger partial charge in [-0.3, -0.25) is 4.90 Å². The van der Waals surface area contributed by atoms with Gasteiger partial charge in [-0.25, -0.2) is 9.97 Å². The molecular weight excluding hydrogens is 274 g/mol. The zero-order valence-electron chi connectivity index (χ0n) is 12.8. The summed E-state index contributed by atoms with van der Waals surface area (Å²) in [5.41, 5.74) is 1.00. The number of halogens is 1. The molecule has 0 saturated carbocycles. The summed E-state index contributed by atoms with van der Waals surface area (Å²) < 4.78 is 5.83. The Kier molecular flexibility index (Phi) is 5.35. The fourth-order valence-electron chi connectivity index (χ4n) is 2.44. The van der Waals surface area contributed by atoms with Crippen molar-refractivity contribution in [2.75, 3.05) is 19.7 Å². The van der Waals surface area contributed by atoms with Crippen molar-refractivity contribution in [2.24, 2.45) is 5.92 Å². The molecular formula is C15H24ClN3O. The lowest BCUT2D eigenvalue weighted by atomic mass is 10.1. The monoisotopic (exact) mass is 297 g/mol. The van der Waals surface area contributed by atoms with Gasteiger partial charge in [0.1, 0.15) is 11.3 Å². The van der Waals surface area contributed by atoms with E-state index in [0.717, 1.165) is 37.6 Å². The lowest BCUT2D eigenvalue weighted by Gasteiger charge is -2.34. The Morgan fingerprint density at radius 3 is 2.75 bits per heavy atom. The maximum absolute atomic E-state index is 6.13. The lowest BCUT2D eigenvalue weighted by Crippen LogP contribution is -2.42. The van der Waals surface area contributed by atoms with Gasteiger partial charge in [-0.05, 0) is 32.3 Å². The average Bonchev–Trinajstić information content (AvgIpc) is 2.37. The van der Waals surface area contributed by atoms with Crippen LogP contribution in [0.2, 0.25) is 5.15 Å². The van der Waals surface area contributed by atoms with Crippen molar-refractivity contribution in [1.29, 1.82) is 0 Å². The molecule has 1 aliphatic heterocycles. The molecule has 1 fully saturated rings. The topological polar surface area (TPSA) is 38.2 Å². The van der Waals surface area contributed by atoms with Gasteiger partial charge in [0.15, 0.2) is 5.82 Å². The molecule has 2 heterocycles. The van der Waals surface area contributed by atoms with Crippen LogP contribution in [-0.2, 0) is 11.2 Å². The van der Waals surface area contributed by atoms with Gasteiger partial charge in [-0.15, -0.1) is 0 Å². The fourth-order valence-corrected chi connectivity index (χ4v) is 2.66. The first-order valence-corrected chi connectivity index (χ1v) is 7.72. The number of hydrogen-bond acceptors (Lipinski definition) is 4. The minimum atomic E-state index is -0.0734. The van der Waals surface area contributed by atoms with Crippen LogP contribution in [0.5, 0.6) is 0 Å². The summed E-state index contributed by atoms with van der Waals surface area (Å²) in [7, 11) is 0. The Hall–Kier alpha value is -0.710. The molecule has 1 aromatic rings. The molecule has 1 saturated heterocycles. The van der Waals surface area contributed by atoms with E-state index in [1.54, 1.807) is 0 Å². The maximum atomic E-state index is 6.13. The summed E-state index contributed by atoms with van der Waals surface area (Å²) in [4.78, 5) is 11.4. The number of aromatic nitrogens is 2. The minimum Gasteiger partial charge on any atom is -0.368 e. The third-order valence-corrected chi connectivity index (χ3v) is 3.69. The van der Waals surface area contributed by atoms with Crippen LogP contribution in [-0.4, -0.2) is 40.6 Å². The quantitative estimate of drug-likeness (QED) is 0.801. The van der Waals surface area contributed by atoms with Crippen LogP contribution >= 0.6 is 11.6 Å². The molecule has 1 atom stereocenters. The third kappa shape index (κ3) is 4.14. The number of nitrogens with zero attached hydrogens (tertiary/aromatic N) is 3. The number of rotatable bonds is 4. The van der Waals surface area contributed by atoms with Gasteiger partial charge < -0.3 is 4.74 Å². The molecule has 0 aliphatic carbocycles. The van der Waals surface area contributed by atoms with Gasteiger partial charge in [0, 0.05) is 24.8 Å². The summed E-state index contributed by atoms with van der Waals surface area (Å²) in [5.74, 6) is 1.27. The van der Waals surface area contributed by atoms with Crippen molar-refractivity contribution in [3.63, 3.8) is 0 Å². The smallest absolute Gasteiger partial charge is 0.160 e. The molecule has 0 N–H and O–H groups in total. The SMILES string of the molecule is CC(C)Cc1cc(Cl)nc(C2CN(C(C)C)CCO2)n1. The molecule has 0 bridgehead atoms. The van der Waals surface area contributed by atoms with Gasteiger partial charge in [0.05, 0.1) is 6.61 Å². The molecule has 2 rings (SSSR count). The van der Waals surface area contributed by atoms with Crippen LogP contribution in [0.3, 0.4) is 0 Å². The van der Waals surface area contributed by atoms with E-state index in [-0.39, 0.29) is 6.10 Å². The summed E-state index contributed by atoms with van der Waals surface area (Å²) in [6.45, 7) is 11.3. The highest BCUT2D eigenvalue weighted by atomic mass is 35.5. The summed E-state index contributed by atoms with van der Waals surface area (Å²) in [5, 5.41) is 0.510. The molecule has 0 aromatic carbocycles. The van der Waals surface area contributed by atoms with Crippen LogP contribution in [0.1, 0.15) is 45.3 Å². The zero-order valence-corrected chi connectivity index (χ0v) is 13.5. The van der Waals surface area contributed by atoms with Crippen molar-refractivity contribution in [3.05, 3.63) is 22.7 Å². The summed E-state index contributed by atoms with van der Waals surface area (Å²) in [6.07, 6.45) is 0.839. The molecule has 5 heteroatoms. The van der Waals surface area contributed by atoms with Crippen molar-refractivity contribution in [1.82, 2.24) is 14.9 Å². The van der Waals surface area contributed by atoms with Gasteiger partial charge >= 0.3 is 0 Å². The molecule has 4 nitrogen and oxygen atoms in total. The van der Waals surface area contributed by atoms with E-state index in [1.807, 2.05) is 6.07 Å². The van der Waals surface area contributed by atoms with Crippen LogP contribution < -0.4 is 0 Å². The van der Waals surface area contributed by atoms with E-state index < -0.39 is 0 Å². The molecule has 0 radical (unpaired) electrons. The molecule has 0 spiro atoms. The van der Waals surface area contributed by atoms with E-state index in [9.17, 15) is 0 Å². The highest BCUT2D eigenvalue weighted by Crippen LogP contribution is 2.23. The number of ether oxygens (including phenoxy) is 1. The third-order valence-electron chi connectivity index (χ3n) is 3.50. The number of morpholine rings is 1. The molecule has 112 valence electrons. The molecule has 0 amide bonds. The Balaban J connectivity index is 2.16. The molecule has 20 heavy (non-hydrogen) atoms. The zero-order chi connectivity index (χ0) is 14.7. The van der Waals surface area contributed by atoms with Crippen molar-refractivity contribution in [2.45, 2.75) is 46.3 Å². The van der Waals surface area contributed by atoms with Crippen LogP contribution in [0, 0.1) is 5.92 Å². The second-order valence-corrected chi connectivity index (χ2v) is 6.47. The van der Waals surface area contributed by atoms with Crippen LogP contribution in [0.25, 0.3) is 0 Å². The van der Waals surface area contributed by atoms with Gasteiger partial charge in [0.25, 0.3) is 0 Å². The van der Waals surface area contributed by atoms with Crippen LogP contribution in [0.4, 0.5) is 0 Å². The van der Waals surface area contributed by atoms with E-state index >= 15 is 0 Å². The first kappa shape index (κ1) is 15.7. The minimum absolute atomic E-state index is 0.0734. The largest absolute Gasteiger partial charge is 0.368 e. The highest BCUT2D eigenvalue weighted by Gasteiger charge is 2.26. The lowest BCUT2D eigenvalue weighted by molar-refractivity contribution is -0.0443. The first-order valence-electron chi connectivity index (χ1n) is 7.34. The van der Waals surface area contributed by atoms with Gasteiger partial charge in [0.2, 0.25) is 0 Å². The van der Waals surface area contributed by atoms with E-state index in [0.29, 0.717) is 17.1 Å². The normalized spacial score (nSPS) is 20.9. The predicted octanol–water partition coefficient (Wildman–Crippen LogP) is 3.11. The average molecular weight is 298 g/mol. The Morgan fingerprint density at radius 1 is 1.35 bits per heavy atom. The highest BCUT2D eigenvalue weighted by molar-refractivity contribution is 6.29. The second kappa shape index (κ2) is 6.83. The fraction of sp³-hybridized carbons (Fsp3) is 0.733. The summed E-state index contributed by atoms with van der Waals surface area (Å²) >= 11 is 6.13. The van der Waals surface area contributed by atoms with Crippen molar-refractivity contribution >= 4 is 11.6 Å². The standard InChI is InChI=1S/C15H24ClN3O/c1-10(2)7-12-8-14(16)18-15(17-12)13-9-19(11(3)4)5-6-20-13/h8,10-11,13H,5-7,9H2,1-4H3. The predicted molar refractivity (Wildman–Crippen MR) is 81.0 cm³/mol. The van der Waals surface area contributed by atoms with E-state index in [1.165, 1.54) is 0 Å². The van der Waals surface area contributed by atoms with Gasteiger partial charge in [-0.1, -0.05) is 25.4 Å². The van der Waals surface area contributed by atoms with E-state index in [4.69, 9.17) is 16.3 Å². The molecule has 1 aromatic heterocycles. The molecule has 1 aliphatic rings. The Bertz CT molecular complexity index is 451. The first-order chi connectivity index (χ1) is 9.45. The summed E-state index contributed by atoms with van der Waals surface area (Å²) in [6, 6.07) is 2.37. The van der Waals surface area contributed by atoms with Gasteiger partial charge in [-0.2, -0.15) is 0 Å². The number of hydrogen-bond donors (Lipinski definition) is 0. The van der Waals surface area contributed by atoms with Crippen molar-refractivity contribution < 1.29 is 4.74 Å².